The molecule has 18 heavy (non-hydrogen) atoms. The molecule has 1 heterocycles. The highest BCUT2D eigenvalue weighted by molar-refractivity contribution is 5.20. The molecular weight excluding hydrogens is 228 g/mol. The van der Waals surface area contributed by atoms with Gasteiger partial charge in [-0.15, -0.1) is 0 Å². The topological polar surface area (TPSA) is 54.4 Å². The van der Waals surface area contributed by atoms with Crippen LogP contribution in [0.4, 0.5) is 0 Å². The fourth-order valence-corrected chi connectivity index (χ4v) is 1.46. The van der Waals surface area contributed by atoms with Crippen molar-refractivity contribution in [3.63, 3.8) is 0 Å². The Morgan fingerprint density at radius 1 is 1.44 bits per heavy atom. The lowest BCUT2D eigenvalue weighted by atomic mass is 10.1. The fraction of sp³-hybridized carbons (Fsp3) is 0.643. The summed E-state index contributed by atoms with van der Waals surface area (Å²) in [4.78, 5) is 4.08. The van der Waals surface area contributed by atoms with Crippen LogP contribution in [0, 0.1) is 6.92 Å². The van der Waals surface area contributed by atoms with Crippen molar-refractivity contribution in [2.45, 2.75) is 45.9 Å². The van der Waals surface area contributed by atoms with Gasteiger partial charge in [-0.1, -0.05) is 0 Å². The van der Waals surface area contributed by atoms with E-state index in [0.29, 0.717) is 19.7 Å². The number of aromatic nitrogens is 1. The Hall–Kier alpha value is -0.970. The molecule has 0 fully saturated rings. The highest BCUT2D eigenvalue weighted by atomic mass is 16.5. The van der Waals surface area contributed by atoms with E-state index in [2.05, 4.69) is 17.2 Å². The number of nitrogens with zero attached hydrogens (tertiary/aromatic N) is 1. The van der Waals surface area contributed by atoms with Gasteiger partial charge in [-0.25, -0.2) is 0 Å². The van der Waals surface area contributed by atoms with E-state index in [4.69, 9.17) is 4.74 Å². The van der Waals surface area contributed by atoms with Crippen LogP contribution in [0.15, 0.2) is 18.5 Å². The molecule has 0 amide bonds. The Bertz CT molecular complexity index is 361. The van der Waals surface area contributed by atoms with Gasteiger partial charge in [-0.05, 0) is 44.9 Å². The van der Waals surface area contributed by atoms with Crippen LogP contribution in [0.2, 0.25) is 0 Å². The van der Waals surface area contributed by atoms with E-state index in [-0.39, 0.29) is 5.60 Å². The molecule has 1 unspecified atom stereocenters. The Labute approximate surface area is 109 Å². The minimum absolute atomic E-state index is 0.207. The summed E-state index contributed by atoms with van der Waals surface area (Å²) < 4.78 is 5.52. The molecular formula is C14H24N2O2. The van der Waals surface area contributed by atoms with Crippen molar-refractivity contribution in [3.05, 3.63) is 29.6 Å². The van der Waals surface area contributed by atoms with E-state index < -0.39 is 6.10 Å². The largest absolute Gasteiger partial charge is 0.389 e. The van der Waals surface area contributed by atoms with Gasteiger partial charge in [-0.3, -0.25) is 4.98 Å². The minimum atomic E-state index is -0.485. The monoisotopic (exact) mass is 252 g/mol. The number of aliphatic hydroxyl groups is 1. The van der Waals surface area contributed by atoms with Gasteiger partial charge in [0.1, 0.15) is 0 Å². The van der Waals surface area contributed by atoms with E-state index in [0.717, 1.165) is 5.56 Å². The van der Waals surface area contributed by atoms with Crippen LogP contribution in [0.5, 0.6) is 0 Å². The van der Waals surface area contributed by atoms with Crippen LogP contribution < -0.4 is 5.32 Å². The molecule has 1 rings (SSSR count). The lowest BCUT2D eigenvalue weighted by Crippen LogP contribution is -2.33. The molecule has 4 nitrogen and oxygen atoms in total. The third kappa shape index (κ3) is 6.10. The molecule has 1 aromatic heterocycles. The molecule has 1 aromatic rings. The third-order valence-corrected chi connectivity index (χ3v) is 2.55. The summed E-state index contributed by atoms with van der Waals surface area (Å²) in [5.41, 5.74) is 2.15. The Kier molecular flexibility index (Phi) is 5.72. The number of pyridine rings is 1. The van der Waals surface area contributed by atoms with Crippen molar-refractivity contribution in [1.82, 2.24) is 10.3 Å². The number of ether oxygens (including phenoxy) is 1. The quantitative estimate of drug-likeness (QED) is 0.808. The molecule has 0 spiro atoms. The molecule has 4 heteroatoms. The summed E-state index contributed by atoms with van der Waals surface area (Å²) in [7, 11) is 0. The van der Waals surface area contributed by atoms with Crippen molar-refractivity contribution in [3.8, 4) is 0 Å². The highest BCUT2D eigenvalue weighted by Crippen LogP contribution is 2.07. The lowest BCUT2D eigenvalue weighted by molar-refractivity contribution is -0.0479. The van der Waals surface area contributed by atoms with E-state index >= 15 is 0 Å². The van der Waals surface area contributed by atoms with Gasteiger partial charge in [0.15, 0.2) is 0 Å². The molecule has 0 aromatic carbocycles. The van der Waals surface area contributed by atoms with E-state index in [1.54, 1.807) is 6.20 Å². The SMILES string of the molecule is Cc1ccncc1CNCC(O)COC(C)(C)C. The molecule has 0 aliphatic heterocycles. The molecule has 102 valence electrons. The Morgan fingerprint density at radius 2 is 2.17 bits per heavy atom. The lowest BCUT2D eigenvalue weighted by Gasteiger charge is -2.22. The first-order chi connectivity index (χ1) is 8.38. The van der Waals surface area contributed by atoms with Crippen LogP contribution in [0.1, 0.15) is 31.9 Å². The summed E-state index contributed by atoms with van der Waals surface area (Å²) in [6.07, 6.45) is 3.15. The summed E-state index contributed by atoms with van der Waals surface area (Å²) in [6, 6.07) is 1.98. The summed E-state index contributed by atoms with van der Waals surface area (Å²) in [6.45, 7) is 9.57. The molecule has 0 aliphatic rings. The van der Waals surface area contributed by atoms with Gasteiger partial charge in [0.2, 0.25) is 0 Å². The van der Waals surface area contributed by atoms with Gasteiger partial charge >= 0.3 is 0 Å². The maximum atomic E-state index is 9.76. The first-order valence-corrected chi connectivity index (χ1v) is 6.31. The van der Waals surface area contributed by atoms with E-state index in [1.807, 2.05) is 33.0 Å². The fourth-order valence-electron chi connectivity index (χ4n) is 1.46. The van der Waals surface area contributed by atoms with Crippen LogP contribution in [0.3, 0.4) is 0 Å². The highest BCUT2D eigenvalue weighted by Gasteiger charge is 2.13. The normalized spacial score (nSPS) is 13.6. The average Bonchev–Trinajstić information content (AvgIpc) is 2.28. The van der Waals surface area contributed by atoms with Crippen molar-refractivity contribution < 1.29 is 9.84 Å². The second kappa shape index (κ2) is 6.83. The standard InChI is InChI=1S/C14H24N2O2/c1-11-5-6-15-7-12(11)8-16-9-13(17)10-18-14(2,3)4/h5-7,13,16-17H,8-10H2,1-4H3. The summed E-state index contributed by atoms with van der Waals surface area (Å²) >= 11 is 0. The van der Waals surface area contributed by atoms with Crippen molar-refractivity contribution in [2.75, 3.05) is 13.2 Å². The number of aryl methyl sites for hydroxylation is 1. The van der Waals surface area contributed by atoms with Crippen LogP contribution >= 0.6 is 0 Å². The zero-order valence-corrected chi connectivity index (χ0v) is 11.7. The van der Waals surface area contributed by atoms with Gasteiger partial charge in [0.05, 0.1) is 18.3 Å². The number of rotatable bonds is 6. The number of aliphatic hydroxyl groups excluding tert-OH is 1. The predicted octanol–water partition coefficient (Wildman–Crippen LogP) is 1.66. The summed E-state index contributed by atoms with van der Waals surface area (Å²) in [5, 5.41) is 13.0. The first kappa shape index (κ1) is 15.1. The molecule has 2 N–H and O–H groups in total. The number of nitrogens with one attached hydrogen (secondary N) is 1. The Balaban J connectivity index is 2.24. The van der Waals surface area contributed by atoms with E-state index in [1.165, 1.54) is 5.56 Å². The van der Waals surface area contributed by atoms with Gasteiger partial charge in [-0.2, -0.15) is 0 Å². The maximum Gasteiger partial charge on any atom is 0.0898 e. The average molecular weight is 252 g/mol. The maximum absolute atomic E-state index is 9.76. The Morgan fingerprint density at radius 3 is 2.78 bits per heavy atom. The third-order valence-electron chi connectivity index (χ3n) is 2.55. The molecule has 0 aliphatic carbocycles. The van der Waals surface area contributed by atoms with Gasteiger partial charge in [0.25, 0.3) is 0 Å². The van der Waals surface area contributed by atoms with Crippen LogP contribution in [0.25, 0.3) is 0 Å². The summed E-state index contributed by atoms with van der Waals surface area (Å²) in [5.74, 6) is 0. The van der Waals surface area contributed by atoms with Crippen LogP contribution in [-0.4, -0.2) is 34.9 Å². The minimum Gasteiger partial charge on any atom is -0.389 e. The van der Waals surface area contributed by atoms with Gasteiger partial charge < -0.3 is 15.2 Å². The van der Waals surface area contributed by atoms with Crippen molar-refractivity contribution in [1.29, 1.82) is 0 Å². The molecule has 0 radical (unpaired) electrons. The van der Waals surface area contributed by atoms with Crippen LogP contribution in [-0.2, 0) is 11.3 Å². The number of hydrogen-bond acceptors (Lipinski definition) is 4. The molecule has 1 atom stereocenters. The second-order valence-electron chi connectivity index (χ2n) is 5.51. The van der Waals surface area contributed by atoms with Crippen molar-refractivity contribution in [2.24, 2.45) is 0 Å². The van der Waals surface area contributed by atoms with Crippen molar-refractivity contribution >= 4 is 0 Å². The zero-order chi connectivity index (χ0) is 13.6. The smallest absolute Gasteiger partial charge is 0.0898 e. The second-order valence-corrected chi connectivity index (χ2v) is 5.51. The van der Waals surface area contributed by atoms with Gasteiger partial charge in [0, 0.05) is 25.5 Å². The molecule has 0 bridgehead atoms. The predicted molar refractivity (Wildman–Crippen MR) is 72.4 cm³/mol. The molecule has 0 saturated heterocycles. The first-order valence-electron chi connectivity index (χ1n) is 6.31. The zero-order valence-electron chi connectivity index (χ0n) is 11.7. The molecule has 0 saturated carbocycles. The van der Waals surface area contributed by atoms with E-state index in [9.17, 15) is 5.11 Å². The number of hydrogen-bond donors (Lipinski definition) is 2.